The van der Waals surface area contributed by atoms with Gasteiger partial charge in [0.1, 0.15) is 11.5 Å². The lowest BCUT2D eigenvalue weighted by Crippen LogP contribution is -2.44. The number of hydrogen-bond donors (Lipinski definition) is 1. The Hall–Kier alpha value is -3.30. The van der Waals surface area contributed by atoms with Gasteiger partial charge in [-0.3, -0.25) is 4.79 Å². The SMILES string of the molecule is Cc1cc(C)c(NC(=O)C2CCCN(S(=O)(=O)c3c(C)noc3C=Cc3ccccc3F)C2)c(C)c1. The van der Waals surface area contributed by atoms with Gasteiger partial charge in [0, 0.05) is 24.3 Å². The molecule has 7 nitrogen and oxygen atoms in total. The van der Waals surface area contributed by atoms with Crippen molar-refractivity contribution in [3.8, 4) is 0 Å². The number of carbonyl (C=O) groups excluding carboxylic acids is 1. The number of aryl methyl sites for hydroxylation is 4. The first-order valence-electron chi connectivity index (χ1n) is 11.9. The highest BCUT2D eigenvalue weighted by Crippen LogP contribution is 2.30. The molecule has 2 heterocycles. The molecule has 0 bridgehead atoms. The zero-order valence-corrected chi connectivity index (χ0v) is 21.7. The van der Waals surface area contributed by atoms with Gasteiger partial charge in [0.05, 0.1) is 5.92 Å². The fraction of sp³-hybridized carbons (Fsp3) is 0.333. The summed E-state index contributed by atoms with van der Waals surface area (Å²) in [5.41, 5.74) is 4.31. The third-order valence-electron chi connectivity index (χ3n) is 6.43. The molecule has 0 radical (unpaired) electrons. The summed E-state index contributed by atoms with van der Waals surface area (Å²) in [7, 11) is -4.00. The van der Waals surface area contributed by atoms with Crippen LogP contribution in [0.1, 0.15) is 46.5 Å². The minimum absolute atomic E-state index is 0.0215. The van der Waals surface area contributed by atoms with Crippen LogP contribution < -0.4 is 5.32 Å². The number of nitrogens with one attached hydrogen (secondary N) is 1. The van der Waals surface area contributed by atoms with E-state index in [4.69, 9.17) is 4.52 Å². The van der Waals surface area contributed by atoms with E-state index in [1.54, 1.807) is 25.1 Å². The van der Waals surface area contributed by atoms with E-state index in [1.165, 1.54) is 22.5 Å². The van der Waals surface area contributed by atoms with Crippen LogP contribution in [0.3, 0.4) is 0 Å². The number of piperidine rings is 1. The summed E-state index contributed by atoms with van der Waals surface area (Å²) in [6.07, 6.45) is 3.99. The van der Waals surface area contributed by atoms with Gasteiger partial charge in [-0.25, -0.2) is 12.8 Å². The molecule has 190 valence electrons. The van der Waals surface area contributed by atoms with Crippen molar-refractivity contribution >= 4 is 33.8 Å². The number of halogens is 1. The summed E-state index contributed by atoms with van der Waals surface area (Å²) < 4.78 is 47.9. The van der Waals surface area contributed by atoms with Crippen LogP contribution in [0.4, 0.5) is 10.1 Å². The second kappa shape index (κ2) is 10.4. The quantitative estimate of drug-likeness (QED) is 0.488. The Morgan fingerprint density at radius 1 is 1.14 bits per heavy atom. The first kappa shape index (κ1) is 25.8. The average molecular weight is 512 g/mol. The molecule has 1 amide bonds. The molecule has 1 saturated heterocycles. The van der Waals surface area contributed by atoms with Gasteiger partial charge in [0.2, 0.25) is 15.9 Å². The monoisotopic (exact) mass is 511 g/mol. The summed E-state index contributed by atoms with van der Waals surface area (Å²) in [4.78, 5) is 13.1. The number of aromatic nitrogens is 1. The zero-order chi connectivity index (χ0) is 26.0. The van der Waals surface area contributed by atoms with Crippen LogP contribution >= 0.6 is 0 Å². The molecule has 1 unspecified atom stereocenters. The zero-order valence-electron chi connectivity index (χ0n) is 20.8. The lowest BCUT2D eigenvalue weighted by molar-refractivity contribution is -0.120. The molecule has 1 fully saturated rings. The molecular formula is C27H30FN3O4S. The maximum atomic E-state index is 14.0. The van der Waals surface area contributed by atoms with E-state index >= 15 is 0 Å². The smallest absolute Gasteiger partial charge is 0.248 e. The van der Waals surface area contributed by atoms with Crippen LogP contribution in [0.2, 0.25) is 0 Å². The number of carbonyl (C=O) groups is 1. The Morgan fingerprint density at radius 2 is 1.83 bits per heavy atom. The normalized spacial score (nSPS) is 17.0. The molecule has 9 heteroatoms. The van der Waals surface area contributed by atoms with Crippen molar-refractivity contribution in [2.75, 3.05) is 18.4 Å². The van der Waals surface area contributed by atoms with Crippen LogP contribution in [0.5, 0.6) is 0 Å². The third kappa shape index (κ3) is 5.27. The summed E-state index contributed by atoms with van der Waals surface area (Å²) in [6.45, 7) is 7.78. The lowest BCUT2D eigenvalue weighted by Gasteiger charge is -2.31. The maximum Gasteiger partial charge on any atom is 0.248 e. The molecule has 1 aromatic heterocycles. The molecular weight excluding hydrogens is 481 g/mol. The number of amides is 1. The molecule has 36 heavy (non-hydrogen) atoms. The number of nitrogens with zero attached hydrogens (tertiary/aromatic N) is 2. The maximum absolute atomic E-state index is 14.0. The number of rotatable bonds is 6. The lowest BCUT2D eigenvalue weighted by atomic mass is 9.98. The Bertz CT molecular complexity index is 1410. The molecule has 1 atom stereocenters. The molecule has 2 aromatic carbocycles. The molecule has 1 N–H and O–H groups in total. The van der Waals surface area contributed by atoms with Crippen molar-refractivity contribution in [3.05, 3.63) is 75.9 Å². The van der Waals surface area contributed by atoms with Crippen molar-refractivity contribution in [2.45, 2.75) is 45.4 Å². The van der Waals surface area contributed by atoms with Crippen LogP contribution in [0.25, 0.3) is 12.2 Å². The van der Waals surface area contributed by atoms with Gasteiger partial charge in [-0.05, 0) is 69.9 Å². The topological polar surface area (TPSA) is 92.5 Å². The molecule has 1 aliphatic rings. The Labute approximate surface area is 211 Å². The molecule has 1 aliphatic heterocycles. The molecule has 3 aromatic rings. The highest BCUT2D eigenvalue weighted by atomic mass is 32.2. The van der Waals surface area contributed by atoms with Gasteiger partial charge in [-0.2, -0.15) is 4.31 Å². The number of hydrogen-bond acceptors (Lipinski definition) is 5. The highest BCUT2D eigenvalue weighted by molar-refractivity contribution is 7.89. The van der Waals surface area contributed by atoms with E-state index < -0.39 is 21.8 Å². The van der Waals surface area contributed by atoms with E-state index in [1.807, 2.05) is 32.9 Å². The van der Waals surface area contributed by atoms with Crippen molar-refractivity contribution in [2.24, 2.45) is 5.92 Å². The fourth-order valence-electron chi connectivity index (χ4n) is 4.68. The van der Waals surface area contributed by atoms with E-state index in [-0.39, 0.29) is 35.3 Å². The van der Waals surface area contributed by atoms with Crippen LogP contribution in [0.15, 0.2) is 45.8 Å². The first-order chi connectivity index (χ1) is 17.1. The molecule has 0 aliphatic carbocycles. The summed E-state index contributed by atoms with van der Waals surface area (Å²) in [5, 5.41) is 6.85. The summed E-state index contributed by atoms with van der Waals surface area (Å²) >= 11 is 0. The van der Waals surface area contributed by atoms with Gasteiger partial charge >= 0.3 is 0 Å². The van der Waals surface area contributed by atoms with Crippen LogP contribution in [0, 0.1) is 39.4 Å². The standard InChI is InChI=1S/C27H30FN3O4S/c1-17-14-18(2)25(19(3)15-17)29-27(32)22-9-7-13-31(16-22)36(33,34)26-20(4)30-35-24(26)12-11-21-8-5-6-10-23(21)28/h5-6,8,10-12,14-15,22H,7,9,13,16H2,1-4H3,(H,29,32). The van der Waals surface area contributed by atoms with E-state index in [2.05, 4.69) is 10.5 Å². The summed E-state index contributed by atoms with van der Waals surface area (Å²) in [5.74, 6) is -1.11. The van der Waals surface area contributed by atoms with Crippen LogP contribution in [-0.4, -0.2) is 36.9 Å². The van der Waals surface area contributed by atoms with Gasteiger partial charge < -0.3 is 9.84 Å². The van der Waals surface area contributed by atoms with Crippen molar-refractivity contribution in [1.29, 1.82) is 0 Å². The molecule has 4 rings (SSSR count). The predicted octanol–water partition coefficient (Wildman–Crippen LogP) is 5.26. The van der Waals surface area contributed by atoms with Gasteiger partial charge in [-0.15, -0.1) is 0 Å². The second-order valence-corrected chi connectivity index (χ2v) is 11.2. The van der Waals surface area contributed by atoms with Crippen molar-refractivity contribution < 1.29 is 22.1 Å². The fourth-order valence-corrected chi connectivity index (χ4v) is 6.45. The predicted molar refractivity (Wildman–Crippen MR) is 137 cm³/mol. The molecule has 0 spiro atoms. The van der Waals surface area contributed by atoms with E-state index in [0.29, 0.717) is 18.4 Å². The second-order valence-electron chi connectivity index (χ2n) is 9.28. The number of anilines is 1. The van der Waals surface area contributed by atoms with Crippen LogP contribution in [-0.2, 0) is 14.8 Å². The third-order valence-corrected chi connectivity index (χ3v) is 8.45. The molecule has 0 saturated carbocycles. The minimum Gasteiger partial charge on any atom is -0.355 e. The van der Waals surface area contributed by atoms with E-state index in [9.17, 15) is 17.6 Å². The number of sulfonamides is 1. The average Bonchev–Trinajstić information content (AvgIpc) is 3.21. The summed E-state index contributed by atoms with van der Waals surface area (Å²) in [6, 6.07) is 10.2. The van der Waals surface area contributed by atoms with Gasteiger partial charge in [0.15, 0.2) is 10.7 Å². The van der Waals surface area contributed by atoms with Crippen molar-refractivity contribution in [3.63, 3.8) is 0 Å². The largest absolute Gasteiger partial charge is 0.355 e. The van der Waals surface area contributed by atoms with E-state index in [0.717, 1.165) is 22.4 Å². The Balaban J connectivity index is 1.55. The number of benzene rings is 2. The first-order valence-corrected chi connectivity index (χ1v) is 13.3. The Morgan fingerprint density at radius 3 is 2.53 bits per heavy atom. The van der Waals surface area contributed by atoms with Gasteiger partial charge in [-0.1, -0.05) is 41.1 Å². The van der Waals surface area contributed by atoms with Crippen molar-refractivity contribution in [1.82, 2.24) is 9.46 Å². The highest BCUT2D eigenvalue weighted by Gasteiger charge is 2.37. The Kier molecular flexibility index (Phi) is 7.42. The van der Waals surface area contributed by atoms with Gasteiger partial charge in [0.25, 0.3) is 0 Å². The minimum atomic E-state index is -4.00.